The van der Waals surface area contributed by atoms with Gasteiger partial charge in [-0.1, -0.05) is 4.49 Å². The molecule has 182 valence electrons. The maximum Gasteiger partial charge on any atom is 0.279 e. The molecule has 0 saturated carbocycles. The molecule has 38 heavy (non-hydrogen) atoms. The fourth-order valence-electron chi connectivity index (χ4n) is 4.08. The van der Waals surface area contributed by atoms with Gasteiger partial charge in [-0.25, -0.2) is 24.9 Å². The Morgan fingerprint density at radius 3 is 2.76 bits per heavy atom. The third kappa shape index (κ3) is 3.12. The number of aromatic amines is 1. The quantitative estimate of drug-likeness (QED) is 0.340. The molecule has 5 aromatic rings. The highest BCUT2D eigenvalue weighted by Gasteiger charge is 2.37. The minimum atomic E-state index is 0.277. The number of aromatic nitrogens is 12. The second-order valence-corrected chi connectivity index (χ2v) is 8.69. The first kappa shape index (κ1) is 20.5. The SMILES string of the molecule is c1cnnc(N2NC(c3ccc4nnsc4n3)=C(c3ccc4nnoc4n3)N2c2cc3ncnc-3[nH]n2)c1. The normalized spacial score (nSPS) is 13.8. The minimum absolute atomic E-state index is 0.277. The van der Waals surface area contributed by atoms with Gasteiger partial charge in [-0.05, 0) is 36.4 Å². The van der Waals surface area contributed by atoms with Gasteiger partial charge in [0.2, 0.25) is 0 Å². The van der Waals surface area contributed by atoms with Crippen molar-refractivity contribution in [1.29, 1.82) is 0 Å². The molecule has 3 aliphatic rings. The summed E-state index contributed by atoms with van der Waals surface area (Å²) in [5, 5.41) is 31.0. The lowest BCUT2D eigenvalue weighted by atomic mass is 10.1. The van der Waals surface area contributed by atoms with Crippen molar-refractivity contribution in [3.8, 4) is 11.5 Å². The molecule has 0 fully saturated rings. The average Bonchev–Trinajstić information content (AvgIpc) is 3.77. The fraction of sp³-hybridized carbons (Fsp3) is 0. The number of H-pyrrole nitrogens is 1. The van der Waals surface area contributed by atoms with E-state index in [1.54, 1.807) is 40.6 Å². The van der Waals surface area contributed by atoms with Gasteiger partial charge in [0.15, 0.2) is 27.8 Å². The van der Waals surface area contributed by atoms with Crippen LogP contribution < -0.4 is 15.6 Å². The zero-order valence-electron chi connectivity index (χ0n) is 18.8. The van der Waals surface area contributed by atoms with E-state index >= 15 is 0 Å². The van der Waals surface area contributed by atoms with E-state index in [9.17, 15) is 0 Å². The summed E-state index contributed by atoms with van der Waals surface area (Å²) in [6.45, 7) is 0. The van der Waals surface area contributed by atoms with Crippen LogP contribution in [0.4, 0.5) is 11.6 Å². The third-order valence-electron chi connectivity index (χ3n) is 5.76. The van der Waals surface area contributed by atoms with Crippen LogP contribution in [0.2, 0.25) is 0 Å². The van der Waals surface area contributed by atoms with E-state index in [1.165, 1.54) is 17.9 Å². The summed E-state index contributed by atoms with van der Waals surface area (Å²) in [5.41, 5.74) is 7.89. The van der Waals surface area contributed by atoms with Gasteiger partial charge in [0.1, 0.15) is 28.9 Å². The van der Waals surface area contributed by atoms with Crippen molar-refractivity contribution in [3.05, 3.63) is 66.4 Å². The van der Waals surface area contributed by atoms with Gasteiger partial charge >= 0.3 is 0 Å². The third-order valence-corrected chi connectivity index (χ3v) is 6.39. The van der Waals surface area contributed by atoms with E-state index in [-0.39, 0.29) is 5.71 Å². The van der Waals surface area contributed by atoms with E-state index < -0.39 is 0 Å². The summed E-state index contributed by atoms with van der Waals surface area (Å²) in [4.78, 5) is 18.7. The van der Waals surface area contributed by atoms with Crippen LogP contribution in [0.3, 0.4) is 0 Å². The Kier molecular flexibility index (Phi) is 4.26. The Bertz CT molecular complexity index is 1950. The lowest BCUT2D eigenvalue weighted by Crippen LogP contribution is -2.45. The molecule has 0 aliphatic carbocycles. The molecule has 2 N–H and O–H groups in total. The summed E-state index contributed by atoms with van der Waals surface area (Å²) in [6.07, 6.45) is 3.06. The first-order chi connectivity index (χ1) is 18.8. The molecule has 17 heteroatoms. The van der Waals surface area contributed by atoms with E-state index in [1.807, 2.05) is 18.2 Å². The van der Waals surface area contributed by atoms with Crippen LogP contribution in [-0.4, -0.2) is 60.3 Å². The molecule has 16 nitrogen and oxygen atoms in total. The minimum Gasteiger partial charge on any atom is -0.316 e. The molecule has 8 rings (SSSR count). The summed E-state index contributed by atoms with van der Waals surface area (Å²) < 4.78 is 9.28. The van der Waals surface area contributed by atoms with E-state index in [0.29, 0.717) is 61.8 Å². The van der Waals surface area contributed by atoms with Gasteiger partial charge < -0.3 is 4.52 Å². The highest BCUT2D eigenvalue weighted by Crippen LogP contribution is 2.39. The lowest BCUT2D eigenvalue weighted by molar-refractivity contribution is 0.417. The Hall–Kier alpha value is -5.71. The number of pyridine rings is 2. The number of anilines is 2. The molecule has 0 bridgehead atoms. The molecule has 0 aromatic carbocycles. The fourth-order valence-corrected chi connectivity index (χ4v) is 4.63. The highest BCUT2D eigenvalue weighted by atomic mass is 32.1. The second kappa shape index (κ2) is 7.90. The van der Waals surface area contributed by atoms with Gasteiger partial charge in [-0.3, -0.25) is 10.5 Å². The first-order valence-electron chi connectivity index (χ1n) is 11.1. The van der Waals surface area contributed by atoms with Crippen LogP contribution >= 0.6 is 11.5 Å². The van der Waals surface area contributed by atoms with E-state index in [2.05, 4.69) is 55.7 Å². The molecule has 0 spiro atoms. The molecule has 0 saturated heterocycles. The number of imidazole rings is 1. The maximum atomic E-state index is 5.27. The van der Waals surface area contributed by atoms with Crippen LogP contribution in [0.25, 0.3) is 44.5 Å². The van der Waals surface area contributed by atoms with Crippen LogP contribution in [0.15, 0.2) is 59.5 Å². The van der Waals surface area contributed by atoms with E-state index in [4.69, 9.17) is 14.5 Å². The van der Waals surface area contributed by atoms with Gasteiger partial charge in [0.05, 0.1) is 11.4 Å². The number of rotatable bonds is 4. The summed E-state index contributed by atoms with van der Waals surface area (Å²) >= 11 is 1.21. The molecule has 0 atom stereocenters. The van der Waals surface area contributed by atoms with Crippen LogP contribution in [-0.2, 0) is 0 Å². The number of hydrazine groups is 2. The van der Waals surface area contributed by atoms with Crippen molar-refractivity contribution in [3.63, 3.8) is 0 Å². The number of nitrogens with zero attached hydrogens (tertiary/aromatic N) is 13. The van der Waals surface area contributed by atoms with Crippen molar-refractivity contribution in [2.24, 2.45) is 0 Å². The number of nitrogens with one attached hydrogen (secondary N) is 2. The summed E-state index contributed by atoms with van der Waals surface area (Å²) in [5.74, 6) is 1.51. The maximum absolute atomic E-state index is 5.27. The zero-order valence-corrected chi connectivity index (χ0v) is 19.6. The molecule has 0 radical (unpaired) electrons. The van der Waals surface area contributed by atoms with Gasteiger partial charge in [-0.15, -0.1) is 15.3 Å². The first-order valence-corrected chi connectivity index (χ1v) is 11.8. The average molecular weight is 521 g/mol. The number of fused-ring (bicyclic) bond motifs is 3. The largest absolute Gasteiger partial charge is 0.316 e. The smallest absolute Gasteiger partial charge is 0.279 e. The van der Waals surface area contributed by atoms with Crippen LogP contribution in [0.1, 0.15) is 11.4 Å². The van der Waals surface area contributed by atoms with Crippen molar-refractivity contribution in [2.45, 2.75) is 0 Å². The van der Waals surface area contributed by atoms with Gasteiger partial charge in [-0.2, -0.15) is 15.3 Å². The summed E-state index contributed by atoms with van der Waals surface area (Å²) in [6, 6.07) is 12.7. The molecule has 8 heterocycles. The Balaban J connectivity index is 1.41. The summed E-state index contributed by atoms with van der Waals surface area (Å²) in [7, 11) is 0. The molecule has 3 aliphatic heterocycles. The number of hydrogen-bond donors (Lipinski definition) is 2. The lowest BCUT2D eigenvalue weighted by Gasteiger charge is -2.30. The van der Waals surface area contributed by atoms with E-state index in [0.717, 1.165) is 0 Å². The Morgan fingerprint density at radius 1 is 0.868 bits per heavy atom. The number of hydrogen-bond acceptors (Lipinski definition) is 16. The van der Waals surface area contributed by atoms with Crippen molar-refractivity contribution < 1.29 is 4.52 Å². The predicted octanol–water partition coefficient (Wildman–Crippen LogP) is 1.70. The van der Waals surface area contributed by atoms with Gasteiger partial charge in [0, 0.05) is 29.1 Å². The zero-order chi connectivity index (χ0) is 25.1. The molecular weight excluding hydrogens is 510 g/mol. The standard InChI is InChI=1S/C21H11N15OS/c1-2-15(29-24-7-1)36-32-17(10-3-6-13-21(26-10)38-34-28-13)18(11-4-5-12-20(25-11)37-33-27-12)35(36)16-8-14-19(31-30-16)23-9-22-14/h1-9,32H,(H,22,23,31). The molecule has 0 amide bonds. The topological polar surface area (TPSA) is 189 Å². The Labute approximate surface area is 214 Å². The predicted molar refractivity (Wildman–Crippen MR) is 133 cm³/mol. The van der Waals surface area contributed by atoms with Crippen molar-refractivity contribution in [2.75, 3.05) is 10.1 Å². The monoisotopic (exact) mass is 521 g/mol. The highest BCUT2D eigenvalue weighted by molar-refractivity contribution is 7.12. The second-order valence-electron chi connectivity index (χ2n) is 7.96. The van der Waals surface area contributed by atoms with Crippen LogP contribution in [0.5, 0.6) is 0 Å². The van der Waals surface area contributed by atoms with Crippen molar-refractivity contribution >= 4 is 56.1 Å². The van der Waals surface area contributed by atoms with Gasteiger partial charge in [0.25, 0.3) is 5.71 Å². The Morgan fingerprint density at radius 2 is 1.82 bits per heavy atom. The molecular formula is C21H11N15OS. The molecule has 0 unspecified atom stereocenters. The van der Waals surface area contributed by atoms with Crippen LogP contribution in [0, 0.1) is 0 Å². The van der Waals surface area contributed by atoms with Crippen molar-refractivity contribution in [1.82, 2.24) is 65.7 Å². The molecule has 5 aromatic heterocycles.